The van der Waals surface area contributed by atoms with Crippen LogP contribution in [0.25, 0.3) is 0 Å². The molecule has 0 bridgehead atoms. The number of para-hydroxylation sites is 1. The normalized spacial score (nSPS) is 19.7. The van der Waals surface area contributed by atoms with Crippen molar-refractivity contribution in [3.8, 4) is 5.75 Å². The van der Waals surface area contributed by atoms with Gasteiger partial charge in [0.05, 0.1) is 18.2 Å². The summed E-state index contributed by atoms with van der Waals surface area (Å²) >= 11 is 0. The van der Waals surface area contributed by atoms with Crippen LogP contribution in [0.4, 0.5) is 0 Å². The molecule has 0 radical (unpaired) electrons. The molecule has 0 spiro atoms. The quantitative estimate of drug-likeness (QED) is 0.563. The Hall–Kier alpha value is -0.942. The van der Waals surface area contributed by atoms with Gasteiger partial charge in [-0.2, -0.15) is 0 Å². The van der Waals surface area contributed by atoms with Gasteiger partial charge in [0.25, 0.3) is 0 Å². The summed E-state index contributed by atoms with van der Waals surface area (Å²) in [5.41, 5.74) is 6.49. The van der Waals surface area contributed by atoms with Gasteiger partial charge in [-0.1, -0.05) is 37.1 Å². The maximum absolute atomic E-state index is 11.5. The molecule has 0 amide bonds. The number of benzene rings is 1. The number of carboxylic acids is 1. The van der Waals surface area contributed by atoms with Gasteiger partial charge in [0.15, 0.2) is 0 Å². The van der Waals surface area contributed by atoms with Crippen LogP contribution in [0.1, 0.15) is 52.0 Å². The van der Waals surface area contributed by atoms with Gasteiger partial charge < -0.3 is 30.8 Å². The Bertz CT molecular complexity index is 535. The van der Waals surface area contributed by atoms with E-state index >= 15 is 0 Å². The van der Waals surface area contributed by atoms with Crippen molar-refractivity contribution in [2.45, 2.75) is 70.7 Å². The summed E-state index contributed by atoms with van der Waals surface area (Å²) in [6.07, 6.45) is 4.70. The van der Waals surface area contributed by atoms with E-state index in [2.05, 4.69) is 5.32 Å². The van der Waals surface area contributed by atoms with Crippen molar-refractivity contribution in [2.75, 3.05) is 6.61 Å². The fraction of sp³-hybridized carbons (Fsp3) is 0.632. The molecule has 0 unspecified atom stereocenters. The SMILES string of the molecule is CC(C)(C)OCC(=O)[O-].N[C@@H]1CCCC[C@H]1NCc1ccccc1[O-].[Pt+2]. The molecule has 2 rings (SSSR count). The van der Waals surface area contributed by atoms with Gasteiger partial charge in [-0.05, 0) is 39.2 Å². The molecule has 0 aliphatic heterocycles. The van der Waals surface area contributed by atoms with E-state index in [-0.39, 0.29) is 45.1 Å². The first-order chi connectivity index (χ1) is 11.7. The van der Waals surface area contributed by atoms with E-state index in [4.69, 9.17) is 10.5 Å². The molecule has 0 aromatic heterocycles. The molecular weight excluding hydrogens is 515 g/mol. The summed E-state index contributed by atoms with van der Waals surface area (Å²) in [6, 6.07) is 7.78. The predicted molar refractivity (Wildman–Crippen MR) is 93.7 cm³/mol. The number of aliphatic carboxylic acids is 1. The second-order valence-corrected chi connectivity index (χ2v) is 7.32. The first-order valence-electron chi connectivity index (χ1n) is 8.77. The van der Waals surface area contributed by atoms with Crippen LogP contribution in [0.5, 0.6) is 5.75 Å². The molecule has 6 nitrogen and oxygen atoms in total. The van der Waals surface area contributed by atoms with Crippen LogP contribution < -0.4 is 21.3 Å². The molecule has 3 N–H and O–H groups in total. The third-order valence-electron chi connectivity index (χ3n) is 3.97. The van der Waals surface area contributed by atoms with E-state index in [1.165, 1.54) is 12.8 Å². The zero-order chi connectivity index (χ0) is 18.9. The topological polar surface area (TPSA) is 110 Å². The average molecular weight is 546 g/mol. The van der Waals surface area contributed by atoms with E-state index in [1.54, 1.807) is 32.9 Å². The molecule has 7 heteroatoms. The molecule has 1 fully saturated rings. The van der Waals surface area contributed by atoms with Crippen molar-refractivity contribution in [2.24, 2.45) is 5.73 Å². The van der Waals surface area contributed by atoms with Crippen molar-refractivity contribution in [1.82, 2.24) is 5.32 Å². The van der Waals surface area contributed by atoms with E-state index in [0.717, 1.165) is 18.4 Å². The second-order valence-electron chi connectivity index (χ2n) is 7.32. The number of carboxylic acid groups (broad SMARTS) is 1. The van der Waals surface area contributed by atoms with E-state index in [9.17, 15) is 15.0 Å². The Morgan fingerprint density at radius 1 is 1.27 bits per heavy atom. The van der Waals surface area contributed by atoms with E-state index in [0.29, 0.717) is 12.6 Å². The van der Waals surface area contributed by atoms with Crippen LogP contribution in [-0.4, -0.2) is 30.3 Å². The molecule has 1 aliphatic carbocycles. The van der Waals surface area contributed by atoms with Crippen molar-refractivity contribution in [3.63, 3.8) is 0 Å². The predicted octanol–water partition coefficient (Wildman–Crippen LogP) is 0.669. The average Bonchev–Trinajstić information content (AvgIpc) is 2.54. The zero-order valence-corrected chi connectivity index (χ0v) is 18.0. The second kappa shape index (κ2) is 12.4. The molecule has 1 aromatic rings. The molecule has 0 heterocycles. The van der Waals surface area contributed by atoms with Gasteiger partial charge in [-0.15, -0.1) is 5.75 Å². The van der Waals surface area contributed by atoms with Gasteiger partial charge in [0.2, 0.25) is 0 Å². The molecule has 150 valence electrons. The summed E-state index contributed by atoms with van der Waals surface area (Å²) in [5.74, 6) is -1.07. The molecule has 1 aliphatic rings. The Morgan fingerprint density at radius 3 is 2.38 bits per heavy atom. The third kappa shape index (κ3) is 10.9. The van der Waals surface area contributed by atoms with Gasteiger partial charge >= 0.3 is 21.1 Å². The number of rotatable bonds is 5. The molecule has 0 saturated heterocycles. The summed E-state index contributed by atoms with van der Waals surface area (Å²) in [6.45, 7) is 5.67. The molecule has 1 saturated carbocycles. The standard InChI is InChI=1S/C13H20N2O.C6H12O3.Pt/c14-11-6-2-3-7-12(11)15-9-10-5-1-4-8-13(10)16;1-6(2,3)9-4-5(7)8;/h1,4-5,8,11-12,15-16H,2-3,6-7,9,14H2;4H2,1-3H3,(H,7,8);/q;;+2/p-2/t11-,12-;;/m1../s1. The van der Waals surface area contributed by atoms with Crippen LogP contribution in [0.3, 0.4) is 0 Å². The van der Waals surface area contributed by atoms with E-state index < -0.39 is 5.97 Å². The van der Waals surface area contributed by atoms with Gasteiger partial charge in [0.1, 0.15) is 0 Å². The first kappa shape index (κ1) is 25.1. The smallest absolute Gasteiger partial charge is 0.872 e. The fourth-order valence-electron chi connectivity index (χ4n) is 2.58. The molecule has 1 aromatic carbocycles. The minimum absolute atomic E-state index is 0. The van der Waals surface area contributed by atoms with Gasteiger partial charge in [-0.3, -0.25) is 0 Å². The monoisotopic (exact) mass is 545 g/mol. The Morgan fingerprint density at radius 2 is 1.88 bits per heavy atom. The third-order valence-corrected chi connectivity index (χ3v) is 3.97. The number of hydrogen-bond donors (Lipinski definition) is 2. The Balaban J connectivity index is 0.000000543. The Labute approximate surface area is 170 Å². The largest absolute Gasteiger partial charge is 2.00 e. The Kier molecular flexibility index (Phi) is 12.0. The van der Waals surface area contributed by atoms with Crippen LogP contribution >= 0.6 is 0 Å². The molecule has 2 atom stereocenters. The van der Waals surface area contributed by atoms with Crippen LogP contribution in [-0.2, 0) is 37.1 Å². The molecular formula is C19H30N2O4Pt. The van der Waals surface area contributed by atoms with Crippen molar-refractivity contribution in [3.05, 3.63) is 29.8 Å². The number of nitrogens with one attached hydrogen (secondary N) is 1. The summed E-state index contributed by atoms with van der Waals surface area (Å²) in [4.78, 5) is 9.81. The van der Waals surface area contributed by atoms with Gasteiger partial charge in [0, 0.05) is 18.6 Å². The zero-order valence-electron chi connectivity index (χ0n) is 15.7. The minimum Gasteiger partial charge on any atom is -0.872 e. The van der Waals surface area contributed by atoms with Crippen LogP contribution in [0, 0.1) is 0 Å². The minimum atomic E-state index is -1.18. The van der Waals surface area contributed by atoms with Crippen molar-refractivity contribution in [1.29, 1.82) is 0 Å². The number of carbonyl (C=O) groups is 1. The number of hydrogen-bond acceptors (Lipinski definition) is 6. The van der Waals surface area contributed by atoms with E-state index in [1.807, 2.05) is 12.1 Å². The summed E-state index contributed by atoms with van der Waals surface area (Å²) in [7, 11) is 0. The summed E-state index contributed by atoms with van der Waals surface area (Å²) in [5, 5.41) is 24.7. The number of ether oxygens (including phenoxy) is 1. The maximum Gasteiger partial charge on any atom is 2.00 e. The number of carbonyl (C=O) groups excluding carboxylic acids is 1. The fourth-order valence-corrected chi connectivity index (χ4v) is 2.58. The summed E-state index contributed by atoms with van der Waals surface area (Å²) < 4.78 is 4.83. The van der Waals surface area contributed by atoms with Crippen molar-refractivity contribution >= 4 is 5.97 Å². The number of nitrogens with two attached hydrogens (primary N) is 1. The maximum atomic E-state index is 11.5. The molecule has 26 heavy (non-hydrogen) atoms. The van der Waals surface area contributed by atoms with Crippen LogP contribution in [0.2, 0.25) is 0 Å². The van der Waals surface area contributed by atoms with Gasteiger partial charge in [-0.25, -0.2) is 0 Å². The first-order valence-corrected chi connectivity index (χ1v) is 8.77. The van der Waals surface area contributed by atoms with Crippen LogP contribution in [0.15, 0.2) is 24.3 Å². The van der Waals surface area contributed by atoms with Crippen molar-refractivity contribution < 1.29 is 40.8 Å².